The van der Waals surface area contributed by atoms with Crippen LogP contribution in [-0.4, -0.2) is 34.7 Å². The van der Waals surface area contributed by atoms with Crippen molar-refractivity contribution in [1.29, 1.82) is 0 Å². The first-order valence-electron chi connectivity index (χ1n) is 7.16. The van der Waals surface area contributed by atoms with Gasteiger partial charge in [0.25, 0.3) is 0 Å². The monoisotopic (exact) mass is 342 g/mol. The number of nitrogens with zero attached hydrogens (tertiary/aromatic N) is 3. The zero-order valence-electron chi connectivity index (χ0n) is 12.4. The highest BCUT2D eigenvalue weighted by Gasteiger charge is 2.33. The van der Waals surface area contributed by atoms with Crippen molar-refractivity contribution in [3.8, 4) is 11.4 Å². The molecule has 1 aromatic carbocycles. The van der Waals surface area contributed by atoms with E-state index in [1.165, 1.54) is 12.8 Å². The molecule has 2 aromatic rings. The molecule has 0 saturated heterocycles. The molecule has 1 unspecified atom stereocenters. The van der Waals surface area contributed by atoms with Crippen LogP contribution in [0.1, 0.15) is 18.7 Å². The topological polar surface area (TPSA) is 68.2 Å². The minimum absolute atomic E-state index is 0. The molecule has 5 nitrogen and oxygen atoms in total. The summed E-state index contributed by atoms with van der Waals surface area (Å²) in [5.41, 5.74) is 6.76. The Labute approximate surface area is 141 Å². The van der Waals surface area contributed by atoms with Crippen LogP contribution in [0.5, 0.6) is 0 Å². The van der Waals surface area contributed by atoms with Gasteiger partial charge < -0.3 is 10.3 Å². The fraction of sp³-hybridized carbons (Fsp3) is 0.467. The smallest absolute Gasteiger partial charge is 0.241 e. The van der Waals surface area contributed by atoms with Crippen molar-refractivity contribution in [2.24, 2.45) is 11.7 Å². The van der Waals surface area contributed by atoms with Gasteiger partial charge in [-0.2, -0.15) is 4.98 Å². The van der Waals surface area contributed by atoms with Gasteiger partial charge in [0.05, 0.1) is 6.54 Å². The first-order chi connectivity index (χ1) is 10.2. The first kappa shape index (κ1) is 17.2. The van der Waals surface area contributed by atoms with E-state index in [1.54, 1.807) is 0 Å². The number of aromatic nitrogens is 2. The Balaban J connectivity index is 0.00000176. The summed E-state index contributed by atoms with van der Waals surface area (Å²) < 4.78 is 5.34. The lowest BCUT2D eigenvalue weighted by atomic mass is 10.1. The predicted octanol–water partition coefficient (Wildman–Crippen LogP) is 2.98. The van der Waals surface area contributed by atoms with Crippen LogP contribution in [0, 0.1) is 5.92 Å². The molecule has 1 saturated carbocycles. The molecule has 1 heterocycles. The summed E-state index contributed by atoms with van der Waals surface area (Å²) in [4.78, 5) is 6.65. The third-order valence-corrected chi connectivity index (χ3v) is 4.18. The van der Waals surface area contributed by atoms with Crippen molar-refractivity contribution in [3.63, 3.8) is 0 Å². The number of nitrogens with two attached hydrogens (primary N) is 1. The Hall–Kier alpha value is -1.14. The van der Waals surface area contributed by atoms with Gasteiger partial charge >= 0.3 is 0 Å². The van der Waals surface area contributed by atoms with Crippen LogP contribution in [0.3, 0.4) is 0 Å². The van der Waals surface area contributed by atoms with Crippen LogP contribution in [0.4, 0.5) is 0 Å². The molecule has 0 radical (unpaired) electrons. The van der Waals surface area contributed by atoms with E-state index < -0.39 is 0 Å². The molecule has 3 rings (SSSR count). The fourth-order valence-electron chi connectivity index (χ4n) is 2.58. The van der Waals surface area contributed by atoms with Gasteiger partial charge in [-0.05, 0) is 50.1 Å². The SMILES string of the molecule is CN(Cc1nc(-c2ccc(Cl)cc2)no1)C(CN)C1CC1.Cl. The van der Waals surface area contributed by atoms with E-state index in [2.05, 4.69) is 22.1 Å². The second-order valence-corrected chi connectivity index (χ2v) is 6.01. The molecule has 2 N–H and O–H groups in total. The highest BCUT2D eigenvalue weighted by Crippen LogP contribution is 2.34. The molecule has 1 aliphatic carbocycles. The molecule has 1 atom stereocenters. The molecule has 22 heavy (non-hydrogen) atoms. The van der Waals surface area contributed by atoms with Crippen molar-refractivity contribution >= 4 is 24.0 Å². The van der Waals surface area contributed by atoms with Gasteiger partial charge in [0.1, 0.15) is 0 Å². The summed E-state index contributed by atoms with van der Waals surface area (Å²) in [7, 11) is 2.06. The second kappa shape index (κ2) is 7.42. The van der Waals surface area contributed by atoms with Crippen molar-refractivity contribution in [3.05, 3.63) is 35.2 Å². The summed E-state index contributed by atoms with van der Waals surface area (Å²) in [5.74, 6) is 1.92. The Bertz CT molecular complexity index is 598. The lowest BCUT2D eigenvalue weighted by Crippen LogP contribution is -2.39. The molecule has 0 aliphatic heterocycles. The lowest BCUT2D eigenvalue weighted by Gasteiger charge is -2.25. The largest absolute Gasteiger partial charge is 0.338 e. The maximum Gasteiger partial charge on any atom is 0.241 e. The van der Waals surface area contributed by atoms with Gasteiger partial charge in [-0.3, -0.25) is 4.90 Å². The van der Waals surface area contributed by atoms with Crippen molar-refractivity contribution in [2.45, 2.75) is 25.4 Å². The lowest BCUT2D eigenvalue weighted by molar-refractivity contribution is 0.189. The fourth-order valence-corrected chi connectivity index (χ4v) is 2.71. The highest BCUT2D eigenvalue weighted by molar-refractivity contribution is 6.30. The molecule has 7 heteroatoms. The van der Waals surface area contributed by atoms with Gasteiger partial charge in [-0.15, -0.1) is 12.4 Å². The average Bonchev–Trinajstić information content (AvgIpc) is 3.20. The molecule has 0 amide bonds. The van der Waals surface area contributed by atoms with Crippen LogP contribution in [0.25, 0.3) is 11.4 Å². The zero-order valence-corrected chi connectivity index (χ0v) is 14.0. The number of halogens is 2. The predicted molar refractivity (Wildman–Crippen MR) is 89.0 cm³/mol. The minimum atomic E-state index is 0. The van der Waals surface area contributed by atoms with Gasteiger partial charge in [-0.1, -0.05) is 16.8 Å². The standard InChI is InChI=1S/C15H19ClN4O.ClH/c1-20(13(8-17)10-2-3-10)9-14-18-15(19-21-14)11-4-6-12(16)7-5-11;/h4-7,10,13H,2-3,8-9,17H2,1H3;1H. The number of hydrogen-bond acceptors (Lipinski definition) is 5. The van der Waals surface area contributed by atoms with Crippen LogP contribution >= 0.6 is 24.0 Å². The van der Waals surface area contributed by atoms with Crippen molar-refractivity contribution in [2.75, 3.05) is 13.6 Å². The van der Waals surface area contributed by atoms with Gasteiger partial charge in [0.15, 0.2) is 0 Å². The van der Waals surface area contributed by atoms with Gasteiger partial charge in [0.2, 0.25) is 11.7 Å². The maximum atomic E-state index is 5.88. The van der Waals surface area contributed by atoms with Crippen LogP contribution in [0.2, 0.25) is 5.02 Å². The average molecular weight is 343 g/mol. The second-order valence-electron chi connectivity index (χ2n) is 5.57. The summed E-state index contributed by atoms with van der Waals surface area (Å²) >= 11 is 5.88. The molecular weight excluding hydrogens is 323 g/mol. The summed E-state index contributed by atoms with van der Waals surface area (Å²) in [6, 6.07) is 7.80. The summed E-state index contributed by atoms with van der Waals surface area (Å²) in [5, 5.41) is 4.72. The van der Waals surface area contributed by atoms with E-state index in [-0.39, 0.29) is 12.4 Å². The number of rotatable bonds is 6. The Morgan fingerprint density at radius 3 is 2.64 bits per heavy atom. The third-order valence-electron chi connectivity index (χ3n) is 3.93. The normalized spacial score (nSPS) is 15.6. The Morgan fingerprint density at radius 2 is 2.05 bits per heavy atom. The van der Waals surface area contributed by atoms with E-state index in [4.69, 9.17) is 21.9 Å². The third kappa shape index (κ3) is 3.98. The molecule has 1 aliphatic rings. The van der Waals surface area contributed by atoms with Crippen LogP contribution < -0.4 is 5.73 Å². The Morgan fingerprint density at radius 1 is 1.36 bits per heavy atom. The van der Waals surface area contributed by atoms with Crippen LogP contribution in [0.15, 0.2) is 28.8 Å². The van der Waals surface area contributed by atoms with Crippen molar-refractivity contribution < 1.29 is 4.52 Å². The van der Waals surface area contributed by atoms with E-state index in [1.807, 2.05) is 24.3 Å². The maximum absolute atomic E-state index is 5.88. The highest BCUT2D eigenvalue weighted by atomic mass is 35.5. The van der Waals surface area contributed by atoms with E-state index in [0.717, 1.165) is 11.5 Å². The molecule has 1 aromatic heterocycles. The minimum Gasteiger partial charge on any atom is -0.338 e. The van der Waals surface area contributed by atoms with Gasteiger partial charge in [0, 0.05) is 23.2 Å². The summed E-state index contributed by atoms with van der Waals surface area (Å²) in [6.45, 7) is 1.29. The summed E-state index contributed by atoms with van der Waals surface area (Å²) in [6.07, 6.45) is 2.54. The number of hydrogen-bond donors (Lipinski definition) is 1. The Kier molecular flexibility index (Phi) is 5.81. The molecular formula is C15H20Cl2N4O. The van der Waals surface area contributed by atoms with Crippen LogP contribution in [-0.2, 0) is 6.54 Å². The number of likely N-dealkylation sites (N-methyl/N-ethyl adjacent to an activating group) is 1. The van der Waals surface area contributed by atoms with E-state index >= 15 is 0 Å². The number of benzene rings is 1. The quantitative estimate of drug-likeness (QED) is 0.873. The molecule has 0 bridgehead atoms. The molecule has 0 spiro atoms. The van der Waals surface area contributed by atoms with Crippen molar-refractivity contribution in [1.82, 2.24) is 15.0 Å². The first-order valence-corrected chi connectivity index (χ1v) is 7.54. The molecule has 120 valence electrons. The van der Waals surface area contributed by atoms with Gasteiger partial charge in [-0.25, -0.2) is 0 Å². The zero-order chi connectivity index (χ0) is 14.8. The van der Waals surface area contributed by atoms with E-state index in [9.17, 15) is 0 Å². The molecule has 1 fully saturated rings. The van der Waals surface area contributed by atoms with E-state index in [0.29, 0.717) is 35.9 Å².